The molecule has 0 fully saturated rings. The van der Waals surface area contributed by atoms with Crippen LogP contribution in [0, 0.1) is 5.41 Å². The molecule has 0 saturated heterocycles. The number of esters is 3. The highest BCUT2D eigenvalue weighted by atomic mass is 127. The molecule has 350 valence electrons. The van der Waals surface area contributed by atoms with E-state index in [-0.39, 0.29) is 81.9 Å². The number of halogens is 1. The maximum Gasteiger partial charge on any atom is 0.315 e. The normalized spacial score (nSPS) is 13.1. The highest BCUT2D eigenvalue weighted by molar-refractivity contribution is 14.1. The van der Waals surface area contributed by atoms with Crippen LogP contribution in [0.2, 0.25) is 0 Å². The van der Waals surface area contributed by atoms with Gasteiger partial charge in [0.15, 0.2) is 5.78 Å². The fourth-order valence-electron chi connectivity index (χ4n) is 5.11. The maximum atomic E-state index is 13.3. The molecule has 2 atom stereocenters. The smallest absolute Gasteiger partial charge is 0.315 e. The lowest BCUT2D eigenvalue weighted by molar-refractivity contribution is -0.170. The lowest BCUT2D eigenvalue weighted by atomic mass is 9.91. The molecule has 0 spiro atoms. The van der Waals surface area contributed by atoms with Gasteiger partial charge in [-0.3, -0.25) is 28.8 Å². The summed E-state index contributed by atoms with van der Waals surface area (Å²) >= 11 is 1.96. The summed E-state index contributed by atoms with van der Waals surface area (Å²) < 4.78 is 36.8. The predicted molar refractivity (Wildman–Crippen MR) is 251 cm³/mol. The average Bonchev–Trinajstić information content (AvgIpc) is 3.61. The van der Waals surface area contributed by atoms with Crippen LogP contribution in [0.25, 0.3) is 0 Å². The number of aromatic nitrogens is 2. The van der Waals surface area contributed by atoms with Crippen LogP contribution < -0.4 is 10.6 Å². The van der Waals surface area contributed by atoms with Crippen LogP contribution >= 0.6 is 47.0 Å². The fraction of sp³-hybridized carbons (Fsp3) is 0.780. The van der Waals surface area contributed by atoms with Crippen molar-refractivity contribution < 1.29 is 57.2 Å². The zero-order chi connectivity index (χ0) is 46.4. The zero-order valence-corrected chi connectivity index (χ0v) is 43.4. The van der Waals surface area contributed by atoms with Gasteiger partial charge in [0, 0.05) is 44.9 Å². The first-order valence-electron chi connectivity index (χ1n) is 20.4. The second kappa shape index (κ2) is 28.1. The SMILES string of the molecule is CCPC(C)(C)C(=O)OCC(COCC(=O)NCCOCCOCCCC(=O)C(Cc1cncn1C)NC(=O)CI)(COC(=O)C(C)(C)P(C)C)COC(=O)C(C)(C)P(C)C. The van der Waals surface area contributed by atoms with E-state index in [1.54, 1.807) is 12.5 Å². The number of imidazole rings is 1. The van der Waals surface area contributed by atoms with Crippen LogP contribution in [0.4, 0.5) is 0 Å². The Kier molecular flexibility index (Phi) is 26.4. The number of aryl methyl sites for hydroxylation is 1. The standard InChI is InChI=1S/C41H72IN4O12P3/c1-13-59-38(2,3)35(50)56-26-41(27-57-36(51)39(4,5)60(9)10,28-58-37(52)40(6,7)61(11)12)25-55-24-34(49)44-16-18-54-20-19-53-17-14-15-32(47)31(45-33(48)22-42)21-30-23-43-29-46(30)8/h23,29,31,59H,13-22,24-28H2,1-12H3,(H,44,49)(H,45,48). The van der Waals surface area contributed by atoms with Gasteiger partial charge in [0.1, 0.15) is 26.4 Å². The maximum absolute atomic E-state index is 13.3. The molecule has 1 aromatic heterocycles. The van der Waals surface area contributed by atoms with Crippen LogP contribution in [-0.2, 0) is 70.7 Å². The quantitative estimate of drug-likeness (QED) is 0.0255. The molecule has 20 heteroatoms. The number of ether oxygens (including phenoxy) is 6. The van der Waals surface area contributed by atoms with Gasteiger partial charge in [0.05, 0.1) is 64.1 Å². The number of hydrogen-bond donors (Lipinski definition) is 2. The molecule has 0 aromatic carbocycles. The van der Waals surface area contributed by atoms with Gasteiger partial charge in [-0.1, -0.05) is 45.4 Å². The molecule has 1 aromatic rings. The van der Waals surface area contributed by atoms with Crippen molar-refractivity contribution in [2.24, 2.45) is 12.5 Å². The van der Waals surface area contributed by atoms with E-state index in [4.69, 9.17) is 28.4 Å². The van der Waals surface area contributed by atoms with Crippen molar-refractivity contribution in [2.75, 3.05) is 103 Å². The molecule has 61 heavy (non-hydrogen) atoms. The Bertz CT molecular complexity index is 1520. The summed E-state index contributed by atoms with van der Waals surface area (Å²) in [7, 11) is 0.700. The fourth-order valence-corrected chi connectivity index (χ4v) is 7.29. The molecule has 1 heterocycles. The van der Waals surface area contributed by atoms with Crippen molar-refractivity contribution in [1.82, 2.24) is 20.2 Å². The Hall–Kier alpha value is -1.87. The largest absolute Gasteiger partial charge is 0.464 e. The Balaban J connectivity index is 2.77. The number of carbonyl (C=O) groups excluding carboxylic acids is 6. The lowest BCUT2D eigenvalue weighted by Crippen LogP contribution is -2.47. The Labute approximate surface area is 381 Å². The minimum Gasteiger partial charge on any atom is -0.464 e. The Morgan fingerprint density at radius 1 is 0.787 bits per heavy atom. The average molecular weight is 1030 g/mol. The molecule has 0 bridgehead atoms. The zero-order valence-electron chi connectivity index (χ0n) is 38.4. The molecule has 2 amide bonds. The number of hydrogen-bond acceptors (Lipinski definition) is 13. The van der Waals surface area contributed by atoms with E-state index in [1.165, 1.54) is 0 Å². The van der Waals surface area contributed by atoms with Gasteiger partial charge in [-0.25, -0.2) is 4.98 Å². The van der Waals surface area contributed by atoms with Crippen molar-refractivity contribution in [1.29, 1.82) is 0 Å². The van der Waals surface area contributed by atoms with Gasteiger partial charge in [0.25, 0.3) is 0 Å². The summed E-state index contributed by atoms with van der Waals surface area (Å²) in [5, 5.41) is 3.25. The first-order valence-corrected chi connectivity index (χ1v) is 27.6. The number of nitrogens with zero attached hydrogens (tertiary/aromatic N) is 2. The van der Waals surface area contributed by atoms with Gasteiger partial charge < -0.3 is 43.6 Å². The summed E-state index contributed by atoms with van der Waals surface area (Å²) in [6, 6.07) is -0.642. The number of amides is 2. The number of nitrogens with one attached hydrogen (secondary N) is 2. The minimum atomic E-state index is -1.31. The molecule has 0 aliphatic heterocycles. The van der Waals surface area contributed by atoms with E-state index in [0.29, 0.717) is 28.0 Å². The molecule has 16 nitrogen and oxygen atoms in total. The molecule has 2 unspecified atom stereocenters. The Morgan fingerprint density at radius 2 is 1.33 bits per heavy atom. The molecule has 0 saturated carbocycles. The van der Waals surface area contributed by atoms with E-state index >= 15 is 0 Å². The number of alkyl halides is 1. The number of ketones is 1. The van der Waals surface area contributed by atoms with E-state index in [0.717, 1.165) is 11.9 Å². The van der Waals surface area contributed by atoms with Gasteiger partial charge in [-0.2, -0.15) is 0 Å². The molecular formula is C41H72IN4O12P3. The van der Waals surface area contributed by atoms with Gasteiger partial charge >= 0.3 is 17.9 Å². The molecule has 0 aliphatic rings. The molecule has 0 aliphatic carbocycles. The highest BCUT2D eigenvalue weighted by Gasteiger charge is 2.43. The minimum absolute atomic E-state index is 0.0793. The molecular weight excluding hydrogens is 960 g/mol. The first-order chi connectivity index (χ1) is 28.5. The summed E-state index contributed by atoms with van der Waals surface area (Å²) in [6.45, 7) is 20.7. The molecule has 2 N–H and O–H groups in total. The third-order valence-electron chi connectivity index (χ3n) is 10.4. The predicted octanol–water partition coefficient (Wildman–Crippen LogP) is 4.53. The number of Topliss-reactive ketones (excluding diaryl/α,β-unsaturated/α-hetero) is 1. The van der Waals surface area contributed by atoms with E-state index < -0.39 is 66.6 Å². The first kappa shape index (κ1) is 57.1. The third kappa shape index (κ3) is 20.7. The molecule has 0 radical (unpaired) electrons. The van der Waals surface area contributed by atoms with Gasteiger partial charge in [0.2, 0.25) is 11.8 Å². The summed E-state index contributed by atoms with van der Waals surface area (Å²) in [4.78, 5) is 81.8. The van der Waals surface area contributed by atoms with Gasteiger partial charge in [-0.15, -0.1) is 8.58 Å². The van der Waals surface area contributed by atoms with Crippen LogP contribution in [0.1, 0.15) is 67.0 Å². The van der Waals surface area contributed by atoms with Crippen molar-refractivity contribution >= 4 is 82.5 Å². The second-order valence-electron chi connectivity index (χ2n) is 16.9. The van der Waals surface area contributed by atoms with Gasteiger partial charge in [-0.05, 0) is 80.8 Å². The lowest BCUT2D eigenvalue weighted by Gasteiger charge is -2.36. The molecule has 1 rings (SSSR count). The number of rotatable bonds is 32. The topological polar surface area (TPSA) is 200 Å². The summed E-state index contributed by atoms with van der Waals surface area (Å²) in [5.41, 5.74) is -0.466. The highest BCUT2D eigenvalue weighted by Crippen LogP contribution is 2.45. The Morgan fingerprint density at radius 3 is 1.82 bits per heavy atom. The third-order valence-corrected chi connectivity index (χ3v) is 17.3. The monoisotopic (exact) mass is 1030 g/mol. The van der Waals surface area contributed by atoms with Crippen LogP contribution in [0.5, 0.6) is 0 Å². The second-order valence-corrected chi connectivity index (χ2v) is 25.8. The van der Waals surface area contributed by atoms with Crippen LogP contribution in [0.15, 0.2) is 12.5 Å². The van der Waals surface area contributed by atoms with E-state index in [1.807, 2.05) is 109 Å². The summed E-state index contributed by atoms with van der Waals surface area (Å²) in [5.74, 6) is -2.04. The van der Waals surface area contributed by atoms with Crippen molar-refractivity contribution in [3.8, 4) is 0 Å². The van der Waals surface area contributed by atoms with Crippen molar-refractivity contribution in [3.63, 3.8) is 0 Å². The van der Waals surface area contributed by atoms with Crippen LogP contribution in [-0.4, -0.2) is 170 Å². The van der Waals surface area contributed by atoms with Crippen molar-refractivity contribution in [3.05, 3.63) is 18.2 Å². The van der Waals surface area contributed by atoms with E-state index in [9.17, 15) is 28.8 Å². The van der Waals surface area contributed by atoms with Crippen molar-refractivity contribution in [2.45, 2.75) is 89.2 Å². The summed E-state index contributed by atoms with van der Waals surface area (Å²) in [6.07, 6.45) is 5.20. The van der Waals surface area contributed by atoms with E-state index in [2.05, 4.69) is 15.6 Å². The van der Waals surface area contributed by atoms with Crippen LogP contribution in [0.3, 0.4) is 0 Å². The number of carbonyl (C=O) groups is 6.